The number of rotatable bonds is 4. The number of amides is 2. The molecule has 0 bridgehead atoms. The van der Waals surface area contributed by atoms with Crippen LogP contribution in [0.3, 0.4) is 0 Å². The summed E-state index contributed by atoms with van der Waals surface area (Å²) in [5.74, 6) is -0.113. The number of nitrogens with two attached hydrogens (primary N) is 1. The van der Waals surface area contributed by atoms with Crippen LogP contribution >= 0.6 is 15.9 Å². The molecule has 1 aliphatic heterocycles. The average Bonchev–Trinajstić information content (AvgIpc) is 3.26. The van der Waals surface area contributed by atoms with Crippen molar-refractivity contribution in [3.05, 3.63) is 52.4 Å². The van der Waals surface area contributed by atoms with Gasteiger partial charge in [-0.15, -0.1) is 0 Å². The van der Waals surface area contributed by atoms with Crippen molar-refractivity contribution in [2.75, 3.05) is 12.3 Å². The molecule has 0 aliphatic carbocycles. The molecule has 9 nitrogen and oxygen atoms in total. The third kappa shape index (κ3) is 3.71. The summed E-state index contributed by atoms with van der Waals surface area (Å²) in [6, 6.07) is 9.08. The van der Waals surface area contributed by atoms with Gasteiger partial charge in [0.1, 0.15) is 22.4 Å². The number of halogens is 1. The number of anilines is 1. The lowest BCUT2D eigenvalue weighted by Gasteiger charge is -2.17. The zero-order valence-electron chi connectivity index (χ0n) is 17.1. The molecule has 0 spiro atoms. The van der Waals surface area contributed by atoms with Gasteiger partial charge in [-0.25, -0.2) is 14.8 Å². The topological polar surface area (TPSA) is 126 Å². The van der Waals surface area contributed by atoms with Gasteiger partial charge in [-0.05, 0) is 41.8 Å². The van der Waals surface area contributed by atoms with E-state index in [0.29, 0.717) is 34.2 Å². The van der Waals surface area contributed by atoms with Crippen molar-refractivity contribution < 1.29 is 14.7 Å². The lowest BCUT2D eigenvalue weighted by atomic mass is 10.1. The largest absolute Gasteiger partial charge is 0.465 e. The third-order valence-electron chi connectivity index (χ3n) is 5.79. The van der Waals surface area contributed by atoms with Crippen LogP contribution in [0.25, 0.3) is 11.0 Å². The molecule has 2 aromatic heterocycles. The summed E-state index contributed by atoms with van der Waals surface area (Å²) in [5.41, 5.74) is 7.97. The van der Waals surface area contributed by atoms with Gasteiger partial charge >= 0.3 is 6.09 Å². The number of fused-ring (bicyclic) bond motifs is 1. The SMILES string of the molecule is CC(NC(=O)c1c(Br)n([C@@H]2C[C@H](C)N(C(=O)O)C2)c2ncnc(N)c12)c1ccccc1. The molecule has 3 aromatic rings. The Hall–Kier alpha value is -3.14. The molecule has 4 rings (SSSR count). The Bertz CT molecular complexity index is 1150. The average molecular weight is 487 g/mol. The molecule has 4 N–H and O–H groups in total. The van der Waals surface area contributed by atoms with Crippen molar-refractivity contribution in [3.63, 3.8) is 0 Å². The molecule has 1 aliphatic rings. The van der Waals surface area contributed by atoms with Crippen LogP contribution in [0.2, 0.25) is 0 Å². The first kappa shape index (κ1) is 21.1. The number of hydrogen-bond donors (Lipinski definition) is 3. The predicted molar refractivity (Wildman–Crippen MR) is 120 cm³/mol. The molecular formula is C21H23BrN6O3. The Morgan fingerprint density at radius 2 is 2.00 bits per heavy atom. The highest BCUT2D eigenvalue weighted by molar-refractivity contribution is 9.10. The van der Waals surface area contributed by atoms with Crippen LogP contribution in [0.15, 0.2) is 41.3 Å². The highest BCUT2D eigenvalue weighted by atomic mass is 79.9. The number of nitrogens with zero attached hydrogens (tertiary/aromatic N) is 4. The molecule has 0 radical (unpaired) electrons. The van der Waals surface area contributed by atoms with Gasteiger partial charge in [0.2, 0.25) is 0 Å². The molecule has 31 heavy (non-hydrogen) atoms. The van der Waals surface area contributed by atoms with E-state index in [1.807, 2.05) is 48.7 Å². The minimum Gasteiger partial charge on any atom is -0.465 e. The van der Waals surface area contributed by atoms with Crippen LogP contribution in [0.4, 0.5) is 10.6 Å². The number of carbonyl (C=O) groups excluding carboxylic acids is 1. The van der Waals surface area contributed by atoms with Crippen LogP contribution in [0.1, 0.15) is 48.3 Å². The number of benzene rings is 1. The summed E-state index contributed by atoms with van der Waals surface area (Å²) in [4.78, 5) is 34.7. The van der Waals surface area contributed by atoms with Gasteiger partial charge in [-0.3, -0.25) is 4.79 Å². The zero-order valence-corrected chi connectivity index (χ0v) is 18.7. The molecule has 1 saturated heterocycles. The van der Waals surface area contributed by atoms with Crippen molar-refractivity contribution in [3.8, 4) is 0 Å². The van der Waals surface area contributed by atoms with E-state index >= 15 is 0 Å². The normalized spacial score (nSPS) is 19.5. The number of aromatic nitrogens is 3. The smallest absolute Gasteiger partial charge is 0.407 e. The van der Waals surface area contributed by atoms with E-state index in [-0.39, 0.29) is 29.9 Å². The lowest BCUT2D eigenvalue weighted by molar-refractivity contribution is 0.0940. The number of carboxylic acid groups (broad SMARTS) is 1. The molecule has 1 fully saturated rings. The van der Waals surface area contributed by atoms with Gasteiger partial charge in [-0.1, -0.05) is 30.3 Å². The van der Waals surface area contributed by atoms with Crippen molar-refractivity contribution in [2.24, 2.45) is 0 Å². The molecule has 1 unspecified atom stereocenters. The van der Waals surface area contributed by atoms with Crippen LogP contribution in [0.5, 0.6) is 0 Å². The van der Waals surface area contributed by atoms with E-state index in [0.717, 1.165) is 5.56 Å². The van der Waals surface area contributed by atoms with Crippen LogP contribution < -0.4 is 11.1 Å². The second-order valence-electron chi connectivity index (χ2n) is 7.77. The quantitative estimate of drug-likeness (QED) is 0.517. The Balaban J connectivity index is 1.75. The van der Waals surface area contributed by atoms with E-state index in [2.05, 4.69) is 31.2 Å². The van der Waals surface area contributed by atoms with E-state index in [4.69, 9.17) is 5.73 Å². The molecule has 3 atom stereocenters. The highest BCUT2D eigenvalue weighted by Crippen LogP contribution is 2.39. The zero-order chi connectivity index (χ0) is 22.3. The maximum Gasteiger partial charge on any atom is 0.407 e. The maximum atomic E-state index is 13.3. The third-order valence-corrected chi connectivity index (χ3v) is 6.57. The Morgan fingerprint density at radius 1 is 1.29 bits per heavy atom. The van der Waals surface area contributed by atoms with Crippen molar-refractivity contribution in [1.29, 1.82) is 0 Å². The van der Waals surface area contributed by atoms with Crippen LogP contribution in [-0.4, -0.2) is 49.1 Å². The molecule has 0 saturated carbocycles. The van der Waals surface area contributed by atoms with E-state index in [1.165, 1.54) is 11.2 Å². The number of likely N-dealkylation sites (tertiary alicyclic amines) is 1. The fraction of sp³-hybridized carbons (Fsp3) is 0.333. The summed E-state index contributed by atoms with van der Waals surface area (Å²) in [6.45, 7) is 4.07. The van der Waals surface area contributed by atoms with Gasteiger partial charge < -0.3 is 25.6 Å². The summed E-state index contributed by atoms with van der Waals surface area (Å²) in [6.07, 6.45) is 0.980. The fourth-order valence-corrected chi connectivity index (χ4v) is 5.05. The molecule has 1 aromatic carbocycles. The summed E-state index contributed by atoms with van der Waals surface area (Å²) < 4.78 is 2.37. The van der Waals surface area contributed by atoms with E-state index in [1.54, 1.807) is 0 Å². The number of hydrogen-bond acceptors (Lipinski definition) is 5. The summed E-state index contributed by atoms with van der Waals surface area (Å²) in [7, 11) is 0. The number of nitrogens with one attached hydrogen (secondary N) is 1. The van der Waals surface area contributed by atoms with Crippen LogP contribution in [0, 0.1) is 0 Å². The second-order valence-corrected chi connectivity index (χ2v) is 8.52. The number of nitrogen functional groups attached to an aromatic ring is 1. The molecule has 10 heteroatoms. The predicted octanol–water partition coefficient (Wildman–Crippen LogP) is 3.58. The fourth-order valence-electron chi connectivity index (χ4n) is 4.22. The van der Waals surface area contributed by atoms with Crippen molar-refractivity contribution in [1.82, 2.24) is 24.8 Å². The van der Waals surface area contributed by atoms with Gasteiger partial charge in [0.05, 0.1) is 23.0 Å². The Labute approximate surface area is 187 Å². The Kier molecular flexibility index (Phi) is 5.57. The molecular weight excluding hydrogens is 464 g/mol. The molecule has 162 valence electrons. The highest BCUT2D eigenvalue weighted by Gasteiger charge is 2.37. The van der Waals surface area contributed by atoms with E-state index in [9.17, 15) is 14.7 Å². The van der Waals surface area contributed by atoms with Gasteiger partial charge in [0, 0.05) is 12.6 Å². The van der Waals surface area contributed by atoms with Gasteiger partial charge in [0.25, 0.3) is 5.91 Å². The van der Waals surface area contributed by atoms with Crippen LogP contribution in [-0.2, 0) is 0 Å². The van der Waals surface area contributed by atoms with Gasteiger partial charge in [0.15, 0.2) is 0 Å². The molecule has 3 heterocycles. The second kappa shape index (κ2) is 8.18. The maximum absolute atomic E-state index is 13.3. The first-order valence-electron chi connectivity index (χ1n) is 9.94. The van der Waals surface area contributed by atoms with Crippen molar-refractivity contribution >= 4 is 44.8 Å². The Morgan fingerprint density at radius 3 is 2.65 bits per heavy atom. The molecule has 2 amide bonds. The van der Waals surface area contributed by atoms with E-state index < -0.39 is 6.09 Å². The monoisotopic (exact) mass is 486 g/mol. The minimum atomic E-state index is -0.966. The standard InChI is InChI=1S/C21H23BrN6O3/c1-11-8-14(9-27(11)21(30)31)28-17(22)15(16-18(23)24-10-25-19(16)28)20(29)26-12(2)13-6-4-3-5-7-13/h3-7,10-12,14H,8-9H2,1-2H3,(H,26,29)(H,30,31)(H2,23,24,25)/t11-,12?,14+/m0/s1. The van der Waals surface area contributed by atoms with Gasteiger partial charge in [-0.2, -0.15) is 0 Å². The summed E-state index contributed by atoms with van der Waals surface area (Å²) >= 11 is 3.58. The summed E-state index contributed by atoms with van der Waals surface area (Å²) in [5, 5.41) is 12.9. The number of carbonyl (C=O) groups is 2. The first-order valence-corrected chi connectivity index (χ1v) is 10.7. The van der Waals surface area contributed by atoms with Crippen molar-refractivity contribution in [2.45, 2.75) is 38.4 Å². The lowest BCUT2D eigenvalue weighted by Crippen LogP contribution is -2.32. The minimum absolute atomic E-state index is 0.151. The first-order chi connectivity index (χ1) is 14.8.